The molecule has 19 heavy (non-hydrogen) atoms. The summed E-state index contributed by atoms with van der Waals surface area (Å²) in [7, 11) is 0. The highest BCUT2D eigenvalue weighted by molar-refractivity contribution is 5.78. The van der Waals surface area contributed by atoms with E-state index >= 15 is 0 Å². The van der Waals surface area contributed by atoms with Gasteiger partial charge >= 0.3 is 0 Å². The summed E-state index contributed by atoms with van der Waals surface area (Å²) in [5.74, 6) is 0.573. The molecule has 2 N–H and O–H groups in total. The molecule has 3 heteroatoms. The summed E-state index contributed by atoms with van der Waals surface area (Å²) in [4.78, 5) is 11.7. The Bertz CT molecular complexity index is 396. The first-order chi connectivity index (χ1) is 8.90. The first-order valence-electron chi connectivity index (χ1n) is 7.02. The number of hydrogen-bond acceptors (Lipinski definition) is 2. The van der Waals surface area contributed by atoms with Gasteiger partial charge in [0.25, 0.3) is 0 Å². The van der Waals surface area contributed by atoms with Crippen LogP contribution in [0.3, 0.4) is 0 Å². The molecule has 0 aliphatic heterocycles. The van der Waals surface area contributed by atoms with Crippen LogP contribution in [0.25, 0.3) is 0 Å². The fraction of sp³-hybridized carbons (Fsp3) is 0.562. The highest BCUT2D eigenvalue weighted by atomic mass is 16.1. The van der Waals surface area contributed by atoms with Crippen LogP contribution in [0.2, 0.25) is 0 Å². The van der Waals surface area contributed by atoms with Crippen molar-refractivity contribution in [3.63, 3.8) is 0 Å². The van der Waals surface area contributed by atoms with Gasteiger partial charge in [0, 0.05) is 6.04 Å². The van der Waals surface area contributed by atoms with Crippen molar-refractivity contribution >= 4 is 5.91 Å². The van der Waals surface area contributed by atoms with Crippen LogP contribution in [0.1, 0.15) is 57.7 Å². The molecule has 1 unspecified atom stereocenters. The first kappa shape index (κ1) is 15.7. The van der Waals surface area contributed by atoms with E-state index in [0.29, 0.717) is 18.5 Å². The van der Waals surface area contributed by atoms with E-state index in [2.05, 4.69) is 48.7 Å². The summed E-state index contributed by atoms with van der Waals surface area (Å²) in [5, 5.41) is 6.11. The summed E-state index contributed by atoms with van der Waals surface area (Å²) in [6, 6.07) is 8.82. The van der Waals surface area contributed by atoms with Gasteiger partial charge in [0.1, 0.15) is 0 Å². The Morgan fingerprint density at radius 1 is 1.00 bits per heavy atom. The van der Waals surface area contributed by atoms with E-state index in [1.807, 2.05) is 20.8 Å². The Hall–Kier alpha value is -1.35. The van der Waals surface area contributed by atoms with Crippen molar-refractivity contribution in [1.82, 2.24) is 10.6 Å². The standard InChI is InChI=1S/C16H26N2O/c1-11(2)14-6-8-15(9-7-14)13(5)18-16(19)10-17-12(3)4/h6-9,11-13,17H,10H2,1-5H3,(H,18,19). The molecule has 0 saturated heterocycles. The monoisotopic (exact) mass is 262 g/mol. The van der Waals surface area contributed by atoms with Crippen LogP contribution in [0.5, 0.6) is 0 Å². The van der Waals surface area contributed by atoms with Crippen molar-refractivity contribution in [2.24, 2.45) is 0 Å². The predicted molar refractivity (Wildman–Crippen MR) is 80.2 cm³/mol. The predicted octanol–water partition coefficient (Wildman–Crippen LogP) is 2.99. The third kappa shape index (κ3) is 5.43. The molecule has 1 atom stereocenters. The minimum Gasteiger partial charge on any atom is -0.348 e. The van der Waals surface area contributed by atoms with Gasteiger partial charge in [0.2, 0.25) is 5.91 Å². The molecule has 106 valence electrons. The zero-order valence-corrected chi connectivity index (χ0v) is 12.7. The molecule has 0 radical (unpaired) electrons. The van der Waals surface area contributed by atoms with Crippen LogP contribution < -0.4 is 10.6 Å². The second kappa shape index (κ2) is 7.29. The van der Waals surface area contributed by atoms with Crippen molar-refractivity contribution in [2.75, 3.05) is 6.54 Å². The molecule has 0 saturated carbocycles. The van der Waals surface area contributed by atoms with E-state index in [0.717, 1.165) is 5.56 Å². The molecule has 0 bridgehead atoms. The molecule has 1 amide bonds. The Morgan fingerprint density at radius 2 is 1.53 bits per heavy atom. The van der Waals surface area contributed by atoms with Gasteiger partial charge in [-0.1, -0.05) is 52.0 Å². The van der Waals surface area contributed by atoms with E-state index in [-0.39, 0.29) is 11.9 Å². The highest BCUT2D eigenvalue weighted by Gasteiger charge is 2.10. The smallest absolute Gasteiger partial charge is 0.234 e. The first-order valence-corrected chi connectivity index (χ1v) is 7.02. The van der Waals surface area contributed by atoms with E-state index in [1.165, 1.54) is 5.56 Å². The molecule has 1 aromatic rings. The van der Waals surface area contributed by atoms with Gasteiger partial charge in [-0.25, -0.2) is 0 Å². The van der Waals surface area contributed by atoms with Crippen LogP contribution in [0, 0.1) is 0 Å². The van der Waals surface area contributed by atoms with Gasteiger partial charge in [-0.3, -0.25) is 4.79 Å². The highest BCUT2D eigenvalue weighted by Crippen LogP contribution is 2.18. The molecule has 0 aliphatic carbocycles. The van der Waals surface area contributed by atoms with Gasteiger partial charge in [-0.05, 0) is 24.0 Å². The summed E-state index contributed by atoms with van der Waals surface area (Å²) >= 11 is 0. The second-order valence-electron chi connectivity index (χ2n) is 5.65. The molecule has 3 nitrogen and oxygen atoms in total. The Balaban J connectivity index is 2.53. The molecule has 0 heterocycles. The average molecular weight is 262 g/mol. The number of amides is 1. The lowest BCUT2D eigenvalue weighted by Crippen LogP contribution is -2.37. The quantitative estimate of drug-likeness (QED) is 0.827. The van der Waals surface area contributed by atoms with Gasteiger partial charge in [0.05, 0.1) is 12.6 Å². The van der Waals surface area contributed by atoms with Crippen LogP contribution in [0.4, 0.5) is 0 Å². The maximum atomic E-state index is 11.7. The van der Waals surface area contributed by atoms with Gasteiger partial charge < -0.3 is 10.6 Å². The summed E-state index contributed by atoms with van der Waals surface area (Å²) < 4.78 is 0. The second-order valence-corrected chi connectivity index (χ2v) is 5.65. The lowest BCUT2D eigenvalue weighted by atomic mass is 9.99. The van der Waals surface area contributed by atoms with Crippen molar-refractivity contribution < 1.29 is 4.79 Å². The minimum absolute atomic E-state index is 0.0362. The lowest BCUT2D eigenvalue weighted by molar-refractivity contribution is -0.121. The van der Waals surface area contributed by atoms with E-state index in [1.54, 1.807) is 0 Å². The fourth-order valence-electron chi connectivity index (χ4n) is 1.84. The van der Waals surface area contributed by atoms with Crippen LogP contribution in [0.15, 0.2) is 24.3 Å². The summed E-state index contributed by atoms with van der Waals surface area (Å²) in [6.45, 7) is 10.8. The Morgan fingerprint density at radius 3 is 2.00 bits per heavy atom. The van der Waals surface area contributed by atoms with Crippen molar-refractivity contribution in [1.29, 1.82) is 0 Å². The van der Waals surface area contributed by atoms with Crippen molar-refractivity contribution in [3.05, 3.63) is 35.4 Å². The molecule has 0 aromatic heterocycles. The average Bonchev–Trinajstić information content (AvgIpc) is 2.36. The largest absolute Gasteiger partial charge is 0.348 e. The number of nitrogens with one attached hydrogen (secondary N) is 2. The number of carbonyl (C=O) groups excluding carboxylic acids is 1. The molecule has 1 rings (SSSR count). The number of carbonyl (C=O) groups is 1. The maximum Gasteiger partial charge on any atom is 0.234 e. The zero-order valence-electron chi connectivity index (χ0n) is 12.7. The molecule has 1 aromatic carbocycles. The molecule has 0 fully saturated rings. The molecular weight excluding hydrogens is 236 g/mol. The Kier molecular flexibility index (Phi) is 6.03. The molecule has 0 aliphatic rings. The van der Waals surface area contributed by atoms with E-state index in [4.69, 9.17) is 0 Å². The molecule has 0 spiro atoms. The summed E-state index contributed by atoms with van der Waals surface area (Å²) in [5.41, 5.74) is 2.46. The van der Waals surface area contributed by atoms with Crippen LogP contribution in [-0.2, 0) is 4.79 Å². The lowest BCUT2D eigenvalue weighted by Gasteiger charge is -2.16. The van der Waals surface area contributed by atoms with Gasteiger partial charge in [-0.15, -0.1) is 0 Å². The normalized spacial score (nSPS) is 12.8. The fourth-order valence-corrected chi connectivity index (χ4v) is 1.84. The number of benzene rings is 1. The zero-order chi connectivity index (χ0) is 14.4. The van der Waals surface area contributed by atoms with Crippen molar-refractivity contribution in [3.8, 4) is 0 Å². The van der Waals surface area contributed by atoms with Crippen LogP contribution >= 0.6 is 0 Å². The minimum atomic E-state index is 0.0362. The van der Waals surface area contributed by atoms with Crippen LogP contribution in [-0.4, -0.2) is 18.5 Å². The van der Waals surface area contributed by atoms with Gasteiger partial charge in [0.15, 0.2) is 0 Å². The topological polar surface area (TPSA) is 41.1 Å². The third-order valence-corrected chi connectivity index (χ3v) is 3.15. The van der Waals surface area contributed by atoms with Gasteiger partial charge in [-0.2, -0.15) is 0 Å². The molecular formula is C16H26N2O. The summed E-state index contributed by atoms with van der Waals surface area (Å²) in [6.07, 6.45) is 0. The van der Waals surface area contributed by atoms with E-state index in [9.17, 15) is 4.79 Å². The Labute approximate surface area is 116 Å². The van der Waals surface area contributed by atoms with Crippen molar-refractivity contribution in [2.45, 2.75) is 52.6 Å². The van der Waals surface area contributed by atoms with E-state index < -0.39 is 0 Å². The maximum absolute atomic E-state index is 11.7. The number of hydrogen-bond donors (Lipinski definition) is 2. The number of rotatable bonds is 6. The SMILES string of the molecule is CC(C)NCC(=O)NC(C)c1ccc(C(C)C)cc1. The third-order valence-electron chi connectivity index (χ3n) is 3.15.